The predicted molar refractivity (Wildman–Crippen MR) is 210 cm³/mol. The number of hydrogen-bond acceptors (Lipinski definition) is 2. The van der Waals surface area contributed by atoms with Crippen molar-refractivity contribution < 1.29 is 6.85 Å². The van der Waals surface area contributed by atoms with Crippen LogP contribution in [-0.4, -0.2) is 9.97 Å². The fourth-order valence-electron chi connectivity index (χ4n) is 8.79. The van der Waals surface area contributed by atoms with Crippen LogP contribution in [0.15, 0.2) is 182 Å². The predicted octanol–water partition coefficient (Wildman–Crippen LogP) is 12.1. The zero-order valence-corrected chi connectivity index (χ0v) is 27.3. The van der Waals surface area contributed by atoms with E-state index in [9.17, 15) is 0 Å². The molecule has 1 atom stereocenters. The normalized spacial score (nSPS) is 16.5. The maximum absolute atomic E-state index is 8.66. The largest absolute Gasteiger partial charge is 0.228 e. The third kappa shape index (κ3) is 3.87. The van der Waals surface area contributed by atoms with Crippen molar-refractivity contribution in [2.24, 2.45) is 0 Å². The Hall–Kier alpha value is -6.64. The van der Waals surface area contributed by atoms with E-state index < -0.39 is 11.5 Å². The zero-order valence-electron chi connectivity index (χ0n) is 32.3. The maximum atomic E-state index is 8.66. The SMILES string of the molecule is [2H]c1c([2H])c([2H])c(-c2cccc(-c3nc(-c4cccc5c4-c4ccccc4C54c5ccccc5-c5ccc6ccccc6c54)nc4ccccc34)c2)c([2H])c1[2H]. The van der Waals surface area contributed by atoms with Gasteiger partial charge in [-0.1, -0.05) is 170 Å². The van der Waals surface area contributed by atoms with E-state index in [1.165, 1.54) is 44.2 Å². The Morgan fingerprint density at radius 3 is 2.00 bits per heavy atom. The number of hydrogen-bond donors (Lipinski definition) is 0. The zero-order chi connectivity index (χ0) is 37.9. The molecule has 0 saturated heterocycles. The Labute approximate surface area is 303 Å². The second-order valence-electron chi connectivity index (χ2n) is 13.3. The van der Waals surface area contributed by atoms with Crippen LogP contribution in [0, 0.1) is 0 Å². The second kappa shape index (κ2) is 10.7. The lowest BCUT2D eigenvalue weighted by Gasteiger charge is -2.31. The number of para-hydroxylation sites is 1. The van der Waals surface area contributed by atoms with E-state index in [0.29, 0.717) is 17.1 Å². The lowest BCUT2D eigenvalue weighted by molar-refractivity contribution is 0.801. The average molecular weight is 652 g/mol. The molecule has 0 saturated carbocycles. The average Bonchev–Trinajstić information content (AvgIpc) is 3.72. The number of fused-ring (bicyclic) bond motifs is 13. The molecule has 1 spiro atoms. The summed E-state index contributed by atoms with van der Waals surface area (Å²) in [6, 6.07) is 51.1. The van der Waals surface area contributed by atoms with Gasteiger partial charge in [-0.25, -0.2) is 9.97 Å². The first-order valence-electron chi connectivity index (χ1n) is 19.7. The molecule has 236 valence electrons. The summed E-state index contributed by atoms with van der Waals surface area (Å²) < 4.78 is 42.0. The van der Waals surface area contributed by atoms with Crippen LogP contribution in [0.1, 0.15) is 29.1 Å². The number of rotatable bonds is 3. The highest BCUT2D eigenvalue weighted by molar-refractivity contribution is 6.06. The minimum absolute atomic E-state index is 0.156. The van der Waals surface area contributed by atoms with E-state index in [-0.39, 0.29) is 29.7 Å². The van der Waals surface area contributed by atoms with Crippen molar-refractivity contribution in [3.63, 3.8) is 0 Å². The third-order valence-electron chi connectivity index (χ3n) is 10.8. The van der Waals surface area contributed by atoms with Gasteiger partial charge in [0.25, 0.3) is 0 Å². The second-order valence-corrected chi connectivity index (χ2v) is 13.3. The molecular formula is C49H30N2. The minimum atomic E-state index is -0.563. The first-order valence-corrected chi connectivity index (χ1v) is 17.2. The van der Waals surface area contributed by atoms with E-state index >= 15 is 0 Å². The number of benzene rings is 8. The Kier molecular flexibility index (Phi) is 4.96. The molecule has 1 heterocycles. The van der Waals surface area contributed by atoms with Crippen LogP contribution in [0.4, 0.5) is 0 Å². The Bertz CT molecular complexity index is 3140. The monoisotopic (exact) mass is 651 g/mol. The van der Waals surface area contributed by atoms with Gasteiger partial charge in [0, 0.05) is 16.5 Å². The molecule has 0 aliphatic heterocycles. The van der Waals surface area contributed by atoms with Crippen molar-refractivity contribution in [3.05, 3.63) is 204 Å². The molecule has 2 aliphatic carbocycles. The van der Waals surface area contributed by atoms with Crippen LogP contribution in [0.5, 0.6) is 0 Å². The number of nitrogens with zero attached hydrogens (tertiary/aromatic N) is 2. The highest BCUT2D eigenvalue weighted by Gasteiger charge is 2.53. The van der Waals surface area contributed by atoms with E-state index in [0.717, 1.165) is 33.2 Å². The molecule has 1 aromatic heterocycles. The Morgan fingerprint density at radius 2 is 1.12 bits per heavy atom. The standard InChI is InChI=1S/C49H30N2/c1-2-14-31(15-3-1)33-17-12-18-34(30-33)47-39-22-8-11-27-44(39)50-48(51-47)40-23-13-26-43-45(40)38-21-7-10-25-42(38)49(43)41-24-9-6-20-36(41)37-29-28-32-16-4-5-19-35(32)46(37)49/h1-30H/i1D,2D,3D,14D,15D. The summed E-state index contributed by atoms with van der Waals surface area (Å²) in [6.45, 7) is 0. The van der Waals surface area contributed by atoms with Gasteiger partial charge in [0.2, 0.25) is 0 Å². The summed E-state index contributed by atoms with van der Waals surface area (Å²) in [6.07, 6.45) is 0. The molecule has 51 heavy (non-hydrogen) atoms. The van der Waals surface area contributed by atoms with Crippen LogP contribution in [0.25, 0.3) is 77.7 Å². The fourth-order valence-corrected chi connectivity index (χ4v) is 8.79. The number of aromatic nitrogens is 2. The third-order valence-corrected chi connectivity index (χ3v) is 10.8. The summed E-state index contributed by atoms with van der Waals surface area (Å²) in [5.74, 6) is 0.583. The molecular weight excluding hydrogens is 617 g/mol. The summed E-state index contributed by atoms with van der Waals surface area (Å²) in [5, 5.41) is 3.29. The molecule has 0 amide bonds. The van der Waals surface area contributed by atoms with Crippen molar-refractivity contribution in [1.29, 1.82) is 0 Å². The first-order chi connectivity index (χ1) is 27.4. The van der Waals surface area contributed by atoms with Gasteiger partial charge >= 0.3 is 0 Å². The summed E-state index contributed by atoms with van der Waals surface area (Å²) in [5.41, 5.74) is 13.0. The van der Waals surface area contributed by atoms with Crippen molar-refractivity contribution in [2.45, 2.75) is 5.41 Å². The van der Waals surface area contributed by atoms with E-state index in [4.69, 9.17) is 16.8 Å². The van der Waals surface area contributed by atoms with E-state index in [1.807, 2.05) is 42.5 Å². The molecule has 8 aromatic carbocycles. The lowest BCUT2D eigenvalue weighted by Crippen LogP contribution is -2.26. The summed E-state index contributed by atoms with van der Waals surface area (Å²) in [7, 11) is 0. The Balaban J connectivity index is 1.18. The molecule has 0 radical (unpaired) electrons. The minimum Gasteiger partial charge on any atom is -0.228 e. The van der Waals surface area contributed by atoms with Crippen LogP contribution in [0.3, 0.4) is 0 Å². The highest BCUT2D eigenvalue weighted by Crippen LogP contribution is 2.65. The van der Waals surface area contributed by atoms with Gasteiger partial charge in [-0.05, 0) is 78.5 Å². The van der Waals surface area contributed by atoms with Gasteiger partial charge < -0.3 is 0 Å². The topological polar surface area (TPSA) is 25.8 Å². The first kappa shape index (κ1) is 23.7. The molecule has 0 N–H and O–H groups in total. The van der Waals surface area contributed by atoms with Crippen LogP contribution >= 0.6 is 0 Å². The van der Waals surface area contributed by atoms with Crippen LogP contribution in [-0.2, 0) is 5.41 Å². The van der Waals surface area contributed by atoms with Gasteiger partial charge in [-0.2, -0.15) is 0 Å². The van der Waals surface area contributed by atoms with Crippen molar-refractivity contribution >= 4 is 21.7 Å². The van der Waals surface area contributed by atoms with Gasteiger partial charge in [0.05, 0.1) is 23.5 Å². The lowest BCUT2D eigenvalue weighted by atomic mass is 9.69. The Morgan fingerprint density at radius 1 is 0.451 bits per heavy atom. The molecule has 11 rings (SSSR count). The van der Waals surface area contributed by atoms with Crippen molar-refractivity contribution in [3.8, 4) is 56.0 Å². The van der Waals surface area contributed by atoms with Crippen molar-refractivity contribution in [1.82, 2.24) is 9.97 Å². The summed E-state index contributed by atoms with van der Waals surface area (Å²) in [4.78, 5) is 10.6. The molecule has 9 aromatic rings. The van der Waals surface area contributed by atoms with Crippen molar-refractivity contribution in [2.75, 3.05) is 0 Å². The maximum Gasteiger partial charge on any atom is 0.161 e. The van der Waals surface area contributed by atoms with Gasteiger partial charge in [-0.3, -0.25) is 0 Å². The van der Waals surface area contributed by atoms with E-state index in [1.54, 1.807) is 6.07 Å². The van der Waals surface area contributed by atoms with Crippen LogP contribution in [0.2, 0.25) is 0 Å². The molecule has 0 fully saturated rings. The molecule has 2 heteroatoms. The van der Waals surface area contributed by atoms with Gasteiger partial charge in [0.1, 0.15) is 0 Å². The van der Waals surface area contributed by atoms with Gasteiger partial charge in [0.15, 0.2) is 5.82 Å². The molecule has 2 nitrogen and oxygen atoms in total. The molecule has 2 aliphatic rings. The fraction of sp³-hybridized carbons (Fsp3) is 0.0204. The highest BCUT2D eigenvalue weighted by atomic mass is 14.9. The summed E-state index contributed by atoms with van der Waals surface area (Å²) >= 11 is 0. The van der Waals surface area contributed by atoms with Gasteiger partial charge in [-0.15, -0.1) is 0 Å². The van der Waals surface area contributed by atoms with E-state index in [2.05, 4.69) is 103 Å². The smallest absolute Gasteiger partial charge is 0.161 e. The van der Waals surface area contributed by atoms with Crippen LogP contribution < -0.4 is 0 Å². The quantitative estimate of drug-likeness (QED) is 0.190. The molecule has 1 unspecified atom stereocenters. The molecule has 0 bridgehead atoms.